The Bertz CT molecular complexity index is 638. The Morgan fingerprint density at radius 1 is 1.15 bits per heavy atom. The van der Waals surface area contributed by atoms with Gasteiger partial charge in [-0.1, -0.05) is 29.8 Å². The summed E-state index contributed by atoms with van der Waals surface area (Å²) in [5.74, 6) is -0.277. The number of likely N-dealkylation sites (tertiary alicyclic amines) is 2. The van der Waals surface area contributed by atoms with Gasteiger partial charge < -0.3 is 14.9 Å². The number of carbonyl (C=O) groups excluding carboxylic acids is 1. The fraction of sp³-hybridized carbons (Fsp3) is 0.619. The Balaban J connectivity index is 1.46. The van der Waals surface area contributed by atoms with E-state index in [0.29, 0.717) is 38.3 Å². The highest BCUT2D eigenvalue weighted by Gasteiger charge is 2.27. The molecule has 0 aromatic heterocycles. The topological polar surface area (TPSA) is 60.9 Å². The first-order valence-corrected chi connectivity index (χ1v) is 9.82. The van der Waals surface area contributed by atoms with Gasteiger partial charge in [0.1, 0.15) is 0 Å². The van der Waals surface area contributed by atoms with Crippen LogP contribution in [-0.4, -0.2) is 59.5 Å². The van der Waals surface area contributed by atoms with Gasteiger partial charge in [-0.25, -0.2) is 0 Å². The van der Waals surface area contributed by atoms with Crippen LogP contribution < -0.4 is 0 Å². The molecule has 0 spiro atoms. The smallest absolute Gasteiger partial charge is 0.306 e. The van der Waals surface area contributed by atoms with Crippen LogP contribution in [0, 0.1) is 12.8 Å². The van der Waals surface area contributed by atoms with Crippen LogP contribution in [0.5, 0.6) is 0 Å². The second-order valence-corrected chi connectivity index (χ2v) is 7.80. The van der Waals surface area contributed by atoms with E-state index < -0.39 is 5.97 Å². The van der Waals surface area contributed by atoms with Crippen molar-refractivity contribution in [2.45, 2.75) is 44.9 Å². The van der Waals surface area contributed by atoms with Gasteiger partial charge in [0.25, 0.3) is 0 Å². The molecule has 1 N–H and O–H groups in total. The number of aryl methyl sites for hydroxylation is 1. The third kappa shape index (κ3) is 4.85. The van der Waals surface area contributed by atoms with E-state index in [4.69, 9.17) is 5.11 Å². The number of benzene rings is 1. The third-order valence-corrected chi connectivity index (χ3v) is 5.86. The van der Waals surface area contributed by atoms with Gasteiger partial charge in [0.2, 0.25) is 5.91 Å². The molecular weight excluding hydrogens is 328 g/mol. The highest BCUT2D eigenvalue weighted by Crippen LogP contribution is 2.27. The Morgan fingerprint density at radius 2 is 1.92 bits per heavy atom. The molecule has 1 aromatic rings. The average molecular weight is 358 g/mol. The zero-order valence-corrected chi connectivity index (χ0v) is 15.7. The van der Waals surface area contributed by atoms with Crippen LogP contribution in [0.25, 0.3) is 0 Å². The third-order valence-electron chi connectivity index (χ3n) is 5.86. The van der Waals surface area contributed by atoms with Gasteiger partial charge in [-0.05, 0) is 50.6 Å². The molecule has 5 nitrogen and oxygen atoms in total. The summed E-state index contributed by atoms with van der Waals surface area (Å²) in [6.07, 6.45) is 4.10. The van der Waals surface area contributed by atoms with Crippen molar-refractivity contribution in [2.24, 2.45) is 5.92 Å². The number of hydrogen-bond donors (Lipinski definition) is 1. The zero-order chi connectivity index (χ0) is 18.5. The van der Waals surface area contributed by atoms with Crippen LogP contribution in [0.2, 0.25) is 0 Å². The summed E-state index contributed by atoms with van der Waals surface area (Å²) in [5.41, 5.74) is 2.72. The first-order valence-electron chi connectivity index (χ1n) is 9.82. The van der Waals surface area contributed by atoms with Crippen LogP contribution in [0.1, 0.15) is 49.1 Å². The Morgan fingerprint density at radius 3 is 2.62 bits per heavy atom. The molecule has 2 aliphatic rings. The molecule has 2 fully saturated rings. The predicted octanol–water partition coefficient (Wildman–Crippen LogP) is 2.89. The molecule has 2 aliphatic heterocycles. The Hall–Kier alpha value is -1.88. The molecule has 0 unspecified atom stereocenters. The second-order valence-electron chi connectivity index (χ2n) is 7.80. The molecule has 0 bridgehead atoms. The number of aliphatic carboxylic acids is 1. The highest BCUT2D eigenvalue weighted by atomic mass is 16.4. The SMILES string of the molecule is Cc1cccc([C@H]2CCCN(CCC(=O)N3CCC(C(=O)O)CC3)C2)c1. The van der Waals surface area contributed by atoms with E-state index in [1.54, 1.807) is 0 Å². The Labute approximate surface area is 156 Å². The van der Waals surface area contributed by atoms with Gasteiger partial charge in [0.15, 0.2) is 0 Å². The number of amides is 1. The molecule has 26 heavy (non-hydrogen) atoms. The van der Waals surface area contributed by atoms with Crippen molar-refractivity contribution in [3.8, 4) is 0 Å². The van der Waals surface area contributed by atoms with Gasteiger partial charge in [-0.3, -0.25) is 9.59 Å². The standard InChI is InChI=1S/C21H30N2O3/c1-16-4-2-5-18(14-16)19-6-3-10-22(15-19)11-9-20(24)23-12-7-17(8-13-23)21(25)26/h2,4-5,14,17,19H,3,6-13,15H2,1H3,(H,25,26)/t19-/m0/s1. The van der Waals surface area contributed by atoms with Gasteiger partial charge in [0.05, 0.1) is 5.92 Å². The molecule has 2 heterocycles. The molecule has 5 heteroatoms. The summed E-state index contributed by atoms with van der Waals surface area (Å²) in [7, 11) is 0. The Kier molecular flexibility index (Phi) is 6.30. The minimum Gasteiger partial charge on any atom is -0.481 e. The van der Waals surface area contributed by atoms with Crippen molar-refractivity contribution in [3.05, 3.63) is 35.4 Å². The van der Waals surface area contributed by atoms with Crippen LogP contribution >= 0.6 is 0 Å². The number of carboxylic acid groups (broad SMARTS) is 1. The van der Waals surface area contributed by atoms with Crippen molar-refractivity contribution < 1.29 is 14.7 Å². The summed E-state index contributed by atoms with van der Waals surface area (Å²) in [6.45, 7) is 6.20. The van der Waals surface area contributed by atoms with Crippen molar-refractivity contribution in [3.63, 3.8) is 0 Å². The molecule has 1 amide bonds. The number of piperidine rings is 2. The molecule has 2 saturated heterocycles. The van der Waals surface area contributed by atoms with Crippen molar-refractivity contribution in [1.82, 2.24) is 9.80 Å². The monoisotopic (exact) mass is 358 g/mol. The molecule has 0 saturated carbocycles. The van der Waals surface area contributed by atoms with Crippen LogP contribution in [-0.2, 0) is 9.59 Å². The first-order chi connectivity index (χ1) is 12.5. The van der Waals surface area contributed by atoms with Gasteiger partial charge in [0, 0.05) is 32.6 Å². The maximum atomic E-state index is 12.5. The predicted molar refractivity (Wildman–Crippen MR) is 101 cm³/mol. The summed E-state index contributed by atoms with van der Waals surface area (Å²) < 4.78 is 0. The van der Waals surface area contributed by atoms with Gasteiger partial charge >= 0.3 is 5.97 Å². The maximum absolute atomic E-state index is 12.5. The normalized spacial score (nSPS) is 22.3. The fourth-order valence-electron chi connectivity index (χ4n) is 4.24. The number of nitrogens with zero attached hydrogens (tertiary/aromatic N) is 2. The van der Waals surface area contributed by atoms with E-state index in [1.807, 2.05) is 4.90 Å². The quantitative estimate of drug-likeness (QED) is 0.879. The average Bonchev–Trinajstić information content (AvgIpc) is 2.66. The molecule has 3 rings (SSSR count). The first kappa shape index (κ1) is 18.9. The number of hydrogen-bond acceptors (Lipinski definition) is 3. The van der Waals surface area contributed by atoms with E-state index in [1.165, 1.54) is 24.0 Å². The van der Waals surface area contributed by atoms with Crippen LogP contribution in [0.4, 0.5) is 0 Å². The minimum absolute atomic E-state index is 0.173. The van der Waals surface area contributed by atoms with Crippen LogP contribution in [0.3, 0.4) is 0 Å². The van der Waals surface area contributed by atoms with Gasteiger partial charge in [-0.2, -0.15) is 0 Å². The van der Waals surface area contributed by atoms with E-state index in [-0.39, 0.29) is 11.8 Å². The molecule has 1 aromatic carbocycles. The van der Waals surface area contributed by atoms with E-state index in [0.717, 1.165) is 19.6 Å². The fourth-order valence-corrected chi connectivity index (χ4v) is 4.24. The summed E-state index contributed by atoms with van der Waals surface area (Å²) in [6, 6.07) is 8.77. The maximum Gasteiger partial charge on any atom is 0.306 e. The van der Waals surface area contributed by atoms with Crippen molar-refractivity contribution in [1.29, 1.82) is 0 Å². The molecule has 0 aliphatic carbocycles. The number of rotatable bonds is 5. The van der Waals surface area contributed by atoms with Crippen LogP contribution in [0.15, 0.2) is 24.3 Å². The van der Waals surface area contributed by atoms with Crippen molar-refractivity contribution >= 4 is 11.9 Å². The summed E-state index contributed by atoms with van der Waals surface area (Å²) in [4.78, 5) is 27.8. The van der Waals surface area contributed by atoms with Crippen molar-refractivity contribution in [2.75, 3.05) is 32.7 Å². The zero-order valence-electron chi connectivity index (χ0n) is 15.7. The molecule has 1 atom stereocenters. The lowest BCUT2D eigenvalue weighted by atomic mass is 9.90. The summed E-state index contributed by atoms with van der Waals surface area (Å²) >= 11 is 0. The van der Waals surface area contributed by atoms with E-state index in [2.05, 4.69) is 36.1 Å². The van der Waals surface area contributed by atoms with Gasteiger partial charge in [-0.15, -0.1) is 0 Å². The molecule has 0 radical (unpaired) electrons. The molecule has 142 valence electrons. The lowest BCUT2D eigenvalue weighted by Gasteiger charge is -2.34. The van der Waals surface area contributed by atoms with E-state index in [9.17, 15) is 9.59 Å². The number of carboxylic acids is 1. The lowest BCUT2D eigenvalue weighted by molar-refractivity contribution is -0.145. The molecular formula is C21H30N2O3. The second kappa shape index (κ2) is 8.67. The lowest BCUT2D eigenvalue weighted by Crippen LogP contribution is -2.42. The van der Waals surface area contributed by atoms with E-state index >= 15 is 0 Å². The number of carbonyl (C=O) groups is 2. The summed E-state index contributed by atoms with van der Waals surface area (Å²) in [5, 5.41) is 9.06. The largest absolute Gasteiger partial charge is 0.481 e. The minimum atomic E-state index is -0.729. The highest BCUT2D eigenvalue weighted by molar-refractivity contribution is 5.77.